The third kappa shape index (κ3) is 5.01. The van der Waals surface area contributed by atoms with Crippen molar-refractivity contribution in [2.24, 2.45) is 0 Å². The summed E-state index contributed by atoms with van der Waals surface area (Å²) >= 11 is 0. The Labute approximate surface area is 194 Å². The van der Waals surface area contributed by atoms with Crippen LogP contribution in [0, 0.1) is 12.7 Å². The molecule has 0 saturated heterocycles. The topological polar surface area (TPSA) is 61.8 Å². The van der Waals surface area contributed by atoms with Crippen LogP contribution in [0.4, 0.5) is 4.39 Å². The normalized spacial score (nSPS) is 17.2. The third-order valence-electron chi connectivity index (χ3n) is 5.61. The molecule has 0 bridgehead atoms. The maximum absolute atomic E-state index is 14.4. The third-order valence-corrected chi connectivity index (χ3v) is 5.61. The number of ketones is 1. The number of aryl methyl sites for hydroxylation is 2. The van der Waals surface area contributed by atoms with E-state index in [0.717, 1.165) is 11.1 Å². The fraction of sp³-hybridized carbons (Fsp3) is 0.407. The molecule has 0 amide bonds. The van der Waals surface area contributed by atoms with Crippen molar-refractivity contribution in [1.29, 1.82) is 0 Å². The average Bonchev–Trinajstić information content (AvgIpc) is 2.73. The molecule has 0 fully saturated rings. The molecule has 0 spiro atoms. The second-order valence-corrected chi connectivity index (χ2v) is 9.19. The molecule has 6 heteroatoms. The Morgan fingerprint density at radius 3 is 2.33 bits per heavy atom. The van der Waals surface area contributed by atoms with Gasteiger partial charge in [0, 0.05) is 6.42 Å². The van der Waals surface area contributed by atoms with Gasteiger partial charge in [0.15, 0.2) is 23.1 Å². The number of rotatable bonds is 6. The van der Waals surface area contributed by atoms with Gasteiger partial charge >= 0.3 is 5.97 Å². The Kier molecular flexibility index (Phi) is 6.80. The number of esters is 1. The first kappa shape index (κ1) is 24.6. The molecule has 1 heterocycles. The molecule has 0 aliphatic carbocycles. The summed E-state index contributed by atoms with van der Waals surface area (Å²) in [7, 11) is 0. The van der Waals surface area contributed by atoms with Crippen molar-refractivity contribution in [2.45, 2.75) is 72.5 Å². The van der Waals surface area contributed by atoms with Gasteiger partial charge in [-0.15, -0.1) is 0 Å². The molecule has 5 nitrogen and oxygen atoms in total. The molecule has 0 atom stereocenters. The fourth-order valence-corrected chi connectivity index (χ4v) is 4.02. The molecule has 0 unspecified atom stereocenters. The second kappa shape index (κ2) is 9.10. The summed E-state index contributed by atoms with van der Waals surface area (Å²) in [5.74, 6) is -0.604. The quantitative estimate of drug-likeness (QED) is 0.479. The molecule has 1 aliphatic heterocycles. The predicted molar refractivity (Wildman–Crippen MR) is 125 cm³/mol. The highest BCUT2D eigenvalue weighted by Crippen LogP contribution is 2.43. The van der Waals surface area contributed by atoms with E-state index in [4.69, 9.17) is 14.2 Å². The van der Waals surface area contributed by atoms with E-state index in [1.807, 2.05) is 13.0 Å². The minimum absolute atomic E-state index is 0.0846. The van der Waals surface area contributed by atoms with Crippen LogP contribution in [-0.2, 0) is 25.5 Å². The zero-order chi connectivity index (χ0) is 24.6. The van der Waals surface area contributed by atoms with Crippen molar-refractivity contribution in [3.05, 3.63) is 64.7 Å². The number of hydrogen-bond acceptors (Lipinski definition) is 5. The monoisotopic (exact) mass is 454 g/mol. The lowest BCUT2D eigenvalue weighted by Crippen LogP contribution is -2.50. The van der Waals surface area contributed by atoms with Crippen molar-refractivity contribution in [3.8, 4) is 11.5 Å². The standard InChI is InChI=1S/C27H31FO5/c1-8-17-11-12-18(31-21-13-10-16(3)14-20(21)28)15-19(17)23-24(30)26(4,5)33-27(6,7)25(23)32-22(29)9-2/h10-15H,8-9H2,1-7H3. The van der Waals surface area contributed by atoms with Gasteiger partial charge in [-0.25, -0.2) is 4.39 Å². The van der Waals surface area contributed by atoms with E-state index in [2.05, 4.69) is 0 Å². The molecule has 2 aromatic rings. The van der Waals surface area contributed by atoms with Gasteiger partial charge in [-0.2, -0.15) is 0 Å². The van der Waals surface area contributed by atoms with Crippen LogP contribution in [0.5, 0.6) is 11.5 Å². The van der Waals surface area contributed by atoms with E-state index in [1.54, 1.807) is 65.8 Å². The Morgan fingerprint density at radius 2 is 1.73 bits per heavy atom. The van der Waals surface area contributed by atoms with Gasteiger partial charge in [-0.3, -0.25) is 9.59 Å². The maximum Gasteiger partial charge on any atom is 0.310 e. The van der Waals surface area contributed by atoms with Crippen LogP contribution in [0.25, 0.3) is 5.57 Å². The predicted octanol–water partition coefficient (Wildman–Crippen LogP) is 6.31. The number of benzene rings is 2. The molecule has 176 valence electrons. The van der Waals surface area contributed by atoms with Crippen LogP contribution >= 0.6 is 0 Å². The first-order valence-corrected chi connectivity index (χ1v) is 11.2. The molecule has 0 N–H and O–H groups in total. The second-order valence-electron chi connectivity index (χ2n) is 9.19. The van der Waals surface area contributed by atoms with Crippen molar-refractivity contribution < 1.29 is 28.2 Å². The zero-order valence-corrected chi connectivity index (χ0v) is 20.3. The lowest BCUT2D eigenvalue weighted by molar-refractivity contribution is -0.165. The van der Waals surface area contributed by atoms with E-state index in [-0.39, 0.29) is 29.3 Å². The van der Waals surface area contributed by atoms with Crippen LogP contribution in [0.15, 0.2) is 42.2 Å². The van der Waals surface area contributed by atoms with Gasteiger partial charge in [-0.05, 0) is 82.0 Å². The van der Waals surface area contributed by atoms with Gasteiger partial charge in [0.05, 0.1) is 5.57 Å². The van der Waals surface area contributed by atoms with E-state index in [0.29, 0.717) is 17.7 Å². The number of hydrogen-bond donors (Lipinski definition) is 0. The summed E-state index contributed by atoms with van der Waals surface area (Å²) in [5.41, 5.74) is 0.356. The molecule has 0 saturated carbocycles. The SMILES string of the molecule is CCC(=O)OC1=C(c2cc(Oc3ccc(C)cc3F)ccc2CC)C(=O)C(C)(C)OC1(C)C. The Hall–Kier alpha value is -2.99. The van der Waals surface area contributed by atoms with Crippen molar-refractivity contribution in [2.75, 3.05) is 0 Å². The summed E-state index contributed by atoms with van der Waals surface area (Å²) in [6, 6.07) is 10.00. The Balaban J connectivity index is 2.21. The first-order valence-electron chi connectivity index (χ1n) is 11.2. The summed E-state index contributed by atoms with van der Waals surface area (Å²) in [6.45, 7) is 12.4. The van der Waals surface area contributed by atoms with E-state index in [9.17, 15) is 14.0 Å². The Bertz CT molecular complexity index is 1130. The largest absolute Gasteiger partial charge is 0.454 e. The van der Waals surface area contributed by atoms with Gasteiger partial charge in [0.25, 0.3) is 0 Å². The van der Waals surface area contributed by atoms with Gasteiger partial charge < -0.3 is 14.2 Å². The lowest BCUT2D eigenvalue weighted by atomic mass is 9.81. The molecule has 0 aromatic heterocycles. The van der Waals surface area contributed by atoms with Gasteiger partial charge in [-0.1, -0.05) is 26.0 Å². The highest BCUT2D eigenvalue weighted by molar-refractivity contribution is 6.26. The molecular weight excluding hydrogens is 423 g/mol. The fourth-order valence-electron chi connectivity index (χ4n) is 4.02. The van der Waals surface area contributed by atoms with Crippen LogP contribution in [0.3, 0.4) is 0 Å². The number of carbonyl (C=O) groups excluding carboxylic acids is 2. The highest BCUT2D eigenvalue weighted by Gasteiger charge is 2.48. The zero-order valence-electron chi connectivity index (χ0n) is 20.3. The van der Waals surface area contributed by atoms with Gasteiger partial charge in [0.1, 0.15) is 17.0 Å². The highest BCUT2D eigenvalue weighted by atomic mass is 19.1. The molecule has 0 radical (unpaired) electrons. The maximum atomic E-state index is 14.4. The first-order chi connectivity index (χ1) is 15.4. The van der Waals surface area contributed by atoms with Crippen LogP contribution in [0.2, 0.25) is 0 Å². The molecule has 3 rings (SSSR count). The number of halogens is 1. The molecule has 33 heavy (non-hydrogen) atoms. The number of carbonyl (C=O) groups is 2. The summed E-state index contributed by atoms with van der Waals surface area (Å²) in [5, 5.41) is 0. The van der Waals surface area contributed by atoms with Gasteiger partial charge in [0.2, 0.25) is 0 Å². The molecule has 2 aromatic carbocycles. The smallest absolute Gasteiger partial charge is 0.310 e. The van der Waals surface area contributed by atoms with E-state index >= 15 is 0 Å². The minimum Gasteiger partial charge on any atom is -0.454 e. The molecule has 1 aliphatic rings. The summed E-state index contributed by atoms with van der Waals surface area (Å²) in [6.07, 6.45) is 0.781. The van der Waals surface area contributed by atoms with Crippen LogP contribution < -0.4 is 4.74 Å². The van der Waals surface area contributed by atoms with E-state index < -0.39 is 23.0 Å². The lowest BCUT2D eigenvalue weighted by Gasteiger charge is -2.42. The van der Waals surface area contributed by atoms with E-state index in [1.165, 1.54) is 6.07 Å². The number of ether oxygens (including phenoxy) is 3. The average molecular weight is 455 g/mol. The minimum atomic E-state index is -1.13. The van der Waals surface area contributed by atoms with Crippen LogP contribution in [0.1, 0.15) is 64.7 Å². The summed E-state index contributed by atoms with van der Waals surface area (Å²) in [4.78, 5) is 25.8. The number of Topliss-reactive ketones (excluding diaryl/α,β-unsaturated/α-hetero) is 1. The summed E-state index contributed by atoms with van der Waals surface area (Å²) < 4.78 is 31.9. The Morgan fingerprint density at radius 1 is 1.03 bits per heavy atom. The van der Waals surface area contributed by atoms with Crippen molar-refractivity contribution >= 4 is 17.3 Å². The van der Waals surface area contributed by atoms with Crippen LogP contribution in [-0.4, -0.2) is 23.0 Å². The van der Waals surface area contributed by atoms with Crippen molar-refractivity contribution in [1.82, 2.24) is 0 Å². The molecular formula is C27H31FO5. The van der Waals surface area contributed by atoms with Crippen molar-refractivity contribution in [3.63, 3.8) is 0 Å².